The van der Waals surface area contributed by atoms with Crippen molar-refractivity contribution in [2.45, 2.75) is 119 Å². The number of benzene rings is 1. The van der Waals surface area contributed by atoms with Crippen molar-refractivity contribution in [2.75, 3.05) is 0 Å². The Hall–Kier alpha value is -0.980. The Labute approximate surface area is 170 Å². The molecular weight excluding hydrogens is 328 g/mol. The Morgan fingerprint density at radius 3 is 2.00 bits per heavy atom. The van der Waals surface area contributed by atoms with Crippen LogP contribution in [0.2, 0.25) is 0 Å². The Morgan fingerprint density at radius 2 is 1.33 bits per heavy atom. The molecule has 0 aliphatic heterocycles. The molecule has 27 heavy (non-hydrogen) atoms. The van der Waals surface area contributed by atoms with E-state index in [0.29, 0.717) is 16.6 Å². The van der Waals surface area contributed by atoms with Gasteiger partial charge in [0, 0.05) is 0 Å². The zero-order chi connectivity index (χ0) is 20.3. The van der Waals surface area contributed by atoms with Gasteiger partial charge in [-0.2, -0.15) is 0 Å². The molecule has 1 N–H and O–H groups in total. The van der Waals surface area contributed by atoms with E-state index >= 15 is 0 Å². The number of hydrogen-bond donors (Lipinski definition) is 1. The highest BCUT2D eigenvalue weighted by Crippen LogP contribution is 2.29. The quantitative estimate of drug-likeness (QED) is 0.343. The second-order valence-corrected chi connectivity index (χ2v) is 10.5. The van der Waals surface area contributed by atoms with Crippen molar-refractivity contribution < 1.29 is 5.11 Å². The van der Waals surface area contributed by atoms with Gasteiger partial charge in [0.15, 0.2) is 0 Å². The van der Waals surface area contributed by atoms with Gasteiger partial charge in [-0.3, -0.25) is 0 Å². The summed E-state index contributed by atoms with van der Waals surface area (Å²) in [5.74, 6) is 0.507. The fraction of sp³-hybridized carbons (Fsp3) is 0.769. The molecule has 0 aliphatic carbocycles. The van der Waals surface area contributed by atoms with Crippen LogP contribution in [0.4, 0.5) is 0 Å². The van der Waals surface area contributed by atoms with Crippen LogP contribution in [0.25, 0.3) is 0 Å². The summed E-state index contributed by atoms with van der Waals surface area (Å²) < 4.78 is 0. The van der Waals surface area contributed by atoms with E-state index in [0.717, 1.165) is 12.8 Å². The van der Waals surface area contributed by atoms with Crippen molar-refractivity contribution in [1.29, 1.82) is 0 Å². The first kappa shape index (κ1) is 24.1. The van der Waals surface area contributed by atoms with Crippen LogP contribution in [0, 0.1) is 10.8 Å². The lowest BCUT2D eigenvalue weighted by Crippen LogP contribution is -2.08. The molecule has 0 radical (unpaired) electrons. The summed E-state index contributed by atoms with van der Waals surface area (Å²) >= 11 is 0. The lowest BCUT2D eigenvalue weighted by Gasteiger charge is -2.22. The van der Waals surface area contributed by atoms with Gasteiger partial charge in [0.1, 0.15) is 5.75 Å². The van der Waals surface area contributed by atoms with Crippen molar-refractivity contribution in [2.24, 2.45) is 10.8 Å². The van der Waals surface area contributed by atoms with Crippen LogP contribution in [0.3, 0.4) is 0 Å². The van der Waals surface area contributed by atoms with Gasteiger partial charge in [0.2, 0.25) is 0 Å². The molecule has 1 nitrogen and oxygen atoms in total. The normalized spacial score (nSPS) is 12.5. The number of rotatable bonds is 13. The number of phenols is 1. The standard InChI is InChI=1S/C26H46O/c1-7-26(5,6)21-14-9-8-11-16-22-17-15-19-24(27)23(22)18-12-10-13-20-25(2,3)4/h15,17,19,27H,7-14,16,18,20-21H2,1-6H3. The summed E-state index contributed by atoms with van der Waals surface area (Å²) in [5, 5.41) is 10.3. The first-order chi connectivity index (χ1) is 12.6. The molecule has 0 saturated carbocycles. The van der Waals surface area contributed by atoms with Crippen LogP contribution in [-0.2, 0) is 12.8 Å². The van der Waals surface area contributed by atoms with Crippen LogP contribution in [0.5, 0.6) is 5.75 Å². The molecule has 0 atom stereocenters. The van der Waals surface area contributed by atoms with Crippen LogP contribution >= 0.6 is 0 Å². The van der Waals surface area contributed by atoms with Gasteiger partial charge in [-0.15, -0.1) is 0 Å². The van der Waals surface area contributed by atoms with E-state index < -0.39 is 0 Å². The van der Waals surface area contributed by atoms with Crippen molar-refractivity contribution >= 4 is 0 Å². The molecule has 0 fully saturated rings. The minimum atomic E-state index is 0.437. The van der Waals surface area contributed by atoms with E-state index in [9.17, 15) is 5.11 Å². The second-order valence-electron chi connectivity index (χ2n) is 10.5. The molecule has 0 heterocycles. The van der Waals surface area contributed by atoms with E-state index in [1.165, 1.54) is 75.3 Å². The fourth-order valence-electron chi connectivity index (χ4n) is 3.73. The van der Waals surface area contributed by atoms with E-state index in [4.69, 9.17) is 0 Å². The average Bonchev–Trinajstić information content (AvgIpc) is 2.58. The number of unbranched alkanes of at least 4 members (excludes halogenated alkanes) is 5. The topological polar surface area (TPSA) is 20.2 Å². The van der Waals surface area contributed by atoms with E-state index in [1.54, 1.807) is 0 Å². The number of phenolic OH excluding ortho intramolecular Hbond substituents is 1. The molecule has 0 amide bonds. The SMILES string of the molecule is CCC(C)(C)CCCCCCc1cccc(O)c1CCCCCC(C)(C)C. The number of aromatic hydroxyl groups is 1. The van der Waals surface area contributed by atoms with Gasteiger partial charge in [-0.25, -0.2) is 0 Å². The monoisotopic (exact) mass is 374 g/mol. The third kappa shape index (κ3) is 10.8. The molecule has 1 heteroatoms. The summed E-state index contributed by atoms with van der Waals surface area (Å²) in [6, 6.07) is 6.10. The van der Waals surface area contributed by atoms with Crippen molar-refractivity contribution in [3.8, 4) is 5.75 Å². The number of hydrogen-bond acceptors (Lipinski definition) is 1. The molecule has 1 aromatic rings. The molecule has 156 valence electrons. The highest BCUT2D eigenvalue weighted by Gasteiger charge is 2.14. The van der Waals surface area contributed by atoms with E-state index in [2.05, 4.69) is 47.6 Å². The van der Waals surface area contributed by atoms with Crippen LogP contribution < -0.4 is 0 Å². The lowest BCUT2D eigenvalue weighted by atomic mass is 9.84. The molecule has 0 bridgehead atoms. The summed E-state index contributed by atoms with van der Waals surface area (Å²) in [4.78, 5) is 0. The summed E-state index contributed by atoms with van der Waals surface area (Å²) in [6.45, 7) is 14.0. The van der Waals surface area contributed by atoms with Gasteiger partial charge in [0.25, 0.3) is 0 Å². The van der Waals surface area contributed by atoms with Gasteiger partial charge in [-0.1, -0.05) is 92.2 Å². The first-order valence-corrected chi connectivity index (χ1v) is 11.4. The summed E-state index contributed by atoms with van der Waals surface area (Å²) in [5.41, 5.74) is 3.53. The smallest absolute Gasteiger partial charge is 0.119 e. The molecule has 0 aromatic heterocycles. The maximum atomic E-state index is 10.3. The van der Waals surface area contributed by atoms with Crippen LogP contribution in [0.15, 0.2) is 18.2 Å². The van der Waals surface area contributed by atoms with Crippen molar-refractivity contribution in [1.82, 2.24) is 0 Å². The Morgan fingerprint density at radius 1 is 0.741 bits per heavy atom. The maximum absolute atomic E-state index is 10.3. The molecule has 0 saturated heterocycles. The Bertz CT molecular complexity index is 522. The molecular formula is C26H46O. The minimum absolute atomic E-state index is 0.437. The Balaban J connectivity index is 2.35. The first-order valence-electron chi connectivity index (χ1n) is 11.4. The van der Waals surface area contributed by atoms with Gasteiger partial charge in [-0.05, 0) is 66.5 Å². The molecule has 1 rings (SSSR count). The predicted molar refractivity (Wildman–Crippen MR) is 121 cm³/mol. The second kappa shape index (κ2) is 11.8. The molecule has 0 spiro atoms. The van der Waals surface area contributed by atoms with Gasteiger partial charge < -0.3 is 5.11 Å². The number of aryl methyl sites for hydroxylation is 1. The summed E-state index contributed by atoms with van der Waals surface area (Å²) in [6.07, 6.45) is 15.0. The average molecular weight is 375 g/mol. The van der Waals surface area contributed by atoms with Gasteiger partial charge >= 0.3 is 0 Å². The predicted octanol–water partition coefficient (Wildman–Crippen LogP) is 8.47. The zero-order valence-electron chi connectivity index (χ0n) is 19.2. The zero-order valence-corrected chi connectivity index (χ0v) is 19.2. The molecule has 1 aromatic carbocycles. The highest BCUT2D eigenvalue weighted by molar-refractivity contribution is 5.39. The molecule has 0 unspecified atom stereocenters. The van der Waals surface area contributed by atoms with E-state index in [1.807, 2.05) is 12.1 Å². The van der Waals surface area contributed by atoms with Crippen LogP contribution in [0.1, 0.15) is 117 Å². The maximum Gasteiger partial charge on any atom is 0.119 e. The Kier molecular flexibility index (Phi) is 10.5. The van der Waals surface area contributed by atoms with Crippen molar-refractivity contribution in [3.05, 3.63) is 29.3 Å². The van der Waals surface area contributed by atoms with Gasteiger partial charge in [0.05, 0.1) is 0 Å². The minimum Gasteiger partial charge on any atom is -0.508 e. The third-order valence-corrected chi connectivity index (χ3v) is 6.11. The highest BCUT2D eigenvalue weighted by atomic mass is 16.3. The largest absolute Gasteiger partial charge is 0.508 e. The lowest BCUT2D eigenvalue weighted by molar-refractivity contribution is 0.307. The van der Waals surface area contributed by atoms with Crippen LogP contribution in [-0.4, -0.2) is 5.11 Å². The molecule has 0 aliphatic rings. The summed E-state index contributed by atoms with van der Waals surface area (Å²) in [7, 11) is 0. The van der Waals surface area contributed by atoms with E-state index in [-0.39, 0.29) is 0 Å². The third-order valence-electron chi connectivity index (χ3n) is 6.11. The fourth-order valence-corrected chi connectivity index (χ4v) is 3.73. The van der Waals surface area contributed by atoms with Crippen molar-refractivity contribution in [3.63, 3.8) is 0 Å².